The maximum Gasteiger partial charge on any atom is 0.129 e. The molecular formula is C16H13BrFN. The molecule has 0 bridgehead atoms. The van der Waals surface area contributed by atoms with Crippen molar-refractivity contribution in [1.29, 1.82) is 5.26 Å². The molecule has 1 atom stereocenters. The van der Waals surface area contributed by atoms with Gasteiger partial charge in [0.2, 0.25) is 0 Å². The summed E-state index contributed by atoms with van der Waals surface area (Å²) in [6.07, 6.45) is 0.476. The molecule has 0 spiro atoms. The lowest BCUT2D eigenvalue weighted by molar-refractivity contribution is 0.532. The smallest absolute Gasteiger partial charge is 0.129 e. The van der Waals surface area contributed by atoms with Gasteiger partial charge in [-0.1, -0.05) is 52.3 Å². The lowest BCUT2D eigenvalue weighted by Crippen LogP contribution is -2.25. The molecule has 1 nitrogen and oxygen atoms in total. The van der Waals surface area contributed by atoms with Crippen molar-refractivity contribution in [3.63, 3.8) is 0 Å². The maximum atomic E-state index is 14.1. The van der Waals surface area contributed by atoms with E-state index in [0.717, 1.165) is 5.56 Å². The molecule has 0 saturated carbocycles. The molecular weight excluding hydrogens is 305 g/mol. The fraction of sp³-hybridized carbons (Fsp3) is 0.188. The Morgan fingerprint density at radius 1 is 1.16 bits per heavy atom. The molecule has 0 aliphatic heterocycles. The highest BCUT2D eigenvalue weighted by atomic mass is 79.9. The normalized spacial score (nSPS) is 13.6. The van der Waals surface area contributed by atoms with E-state index in [2.05, 4.69) is 22.0 Å². The number of rotatable bonds is 3. The number of benzene rings is 2. The fourth-order valence-corrected chi connectivity index (χ4v) is 2.99. The lowest BCUT2D eigenvalue weighted by Gasteiger charge is -2.24. The molecule has 3 heteroatoms. The van der Waals surface area contributed by atoms with Crippen LogP contribution in [0.15, 0.2) is 53.0 Å². The van der Waals surface area contributed by atoms with Gasteiger partial charge in [0.05, 0.1) is 11.5 Å². The summed E-state index contributed by atoms with van der Waals surface area (Å²) in [5.74, 6) is -0.352. The van der Waals surface area contributed by atoms with E-state index in [1.54, 1.807) is 19.1 Å². The standard InChI is InChI=1S/C16H13BrFN/c1-16(11-19,10-12-6-3-2-4-7-12)15-13(17)8-5-9-14(15)18/h2-9H,10H2,1H3. The quantitative estimate of drug-likeness (QED) is 0.810. The Balaban J connectivity index is 2.47. The Labute approximate surface area is 120 Å². The molecule has 96 valence electrons. The van der Waals surface area contributed by atoms with Gasteiger partial charge in [0.25, 0.3) is 0 Å². The average Bonchev–Trinajstić information content (AvgIpc) is 2.39. The van der Waals surface area contributed by atoms with Crippen LogP contribution in [0.3, 0.4) is 0 Å². The van der Waals surface area contributed by atoms with Gasteiger partial charge in [-0.05, 0) is 31.0 Å². The SMILES string of the molecule is CC(C#N)(Cc1ccccc1)c1c(F)cccc1Br. The molecule has 2 aromatic rings. The van der Waals surface area contributed by atoms with E-state index in [9.17, 15) is 9.65 Å². The first-order valence-electron chi connectivity index (χ1n) is 5.96. The Morgan fingerprint density at radius 2 is 1.84 bits per heavy atom. The Hall–Kier alpha value is -1.66. The molecule has 0 N–H and O–H groups in total. The van der Waals surface area contributed by atoms with Crippen LogP contribution in [0.5, 0.6) is 0 Å². The number of hydrogen-bond donors (Lipinski definition) is 0. The second-order valence-corrected chi connectivity index (χ2v) is 5.56. The summed E-state index contributed by atoms with van der Waals surface area (Å²) in [6.45, 7) is 1.77. The fourth-order valence-electron chi connectivity index (χ4n) is 2.21. The highest BCUT2D eigenvalue weighted by molar-refractivity contribution is 9.10. The third kappa shape index (κ3) is 2.85. The molecule has 0 heterocycles. The molecule has 19 heavy (non-hydrogen) atoms. The summed E-state index contributed by atoms with van der Waals surface area (Å²) in [5, 5.41) is 9.51. The first-order valence-corrected chi connectivity index (χ1v) is 6.76. The van der Waals surface area contributed by atoms with Crippen molar-refractivity contribution in [3.8, 4) is 6.07 Å². The average molecular weight is 318 g/mol. The van der Waals surface area contributed by atoms with Crippen molar-refractivity contribution in [3.05, 3.63) is 69.9 Å². The predicted octanol–water partition coefficient (Wildman–Crippen LogP) is 4.61. The van der Waals surface area contributed by atoms with Gasteiger partial charge in [-0.15, -0.1) is 0 Å². The van der Waals surface area contributed by atoms with Crippen molar-refractivity contribution >= 4 is 15.9 Å². The largest absolute Gasteiger partial charge is 0.207 e. The van der Waals surface area contributed by atoms with E-state index < -0.39 is 5.41 Å². The van der Waals surface area contributed by atoms with Crippen molar-refractivity contribution in [2.45, 2.75) is 18.8 Å². The van der Waals surface area contributed by atoms with Gasteiger partial charge in [-0.3, -0.25) is 0 Å². The highest BCUT2D eigenvalue weighted by Gasteiger charge is 2.31. The van der Waals surface area contributed by atoms with Crippen LogP contribution in [0.1, 0.15) is 18.1 Å². The van der Waals surface area contributed by atoms with Gasteiger partial charge in [-0.2, -0.15) is 5.26 Å². The minimum atomic E-state index is -0.897. The van der Waals surface area contributed by atoms with Gasteiger partial charge in [0.15, 0.2) is 0 Å². The maximum absolute atomic E-state index is 14.1. The van der Waals surface area contributed by atoms with Gasteiger partial charge in [0, 0.05) is 10.0 Å². The molecule has 0 radical (unpaired) electrons. The van der Waals surface area contributed by atoms with Crippen LogP contribution in [0.4, 0.5) is 4.39 Å². The minimum absolute atomic E-state index is 0.352. The number of hydrogen-bond acceptors (Lipinski definition) is 1. The number of nitrogens with zero attached hydrogens (tertiary/aromatic N) is 1. The van der Waals surface area contributed by atoms with E-state index >= 15 is 0 Å². The second kappa shape index (κ2) is 5.54. The van der Waals surface area contributed by atoms with Crippen molar-refractivity contribution < 1.29 is 4.39 Å². The van der Waals surface area contributed by atoms with E-state index in [0.29, 0.717) is 16.5 Å². The summed E-state index contributed by atoms with van der Waals surface area (Å²) < 4.78 is 14.7. The van der Waals surface area contributed by atoms with Crippen LogP contribution in [-0.2, 0) is 11.8 Å². The Morgan fingerprint density at radius 3 is 2.42 bits per heavy atom. The van der Waals surface area contributed by atoms with Crippen LogP contribution in [0, 0.1) is 17.1 Å². The van der Waals surface area contributed by atoms with Gasteiger partial charge >= 0.3 is 0 Å². The second-order valence-electron chi connectivity index (χ2n) is 4.70. The molecule has 2 aromatic carbocycles. The highest BCUT2D eigenvalue weighted by Crippen LogP contribution is 2.34. The van der Waals surface area contributed by atoms with Crippen molar-refractivity contribution in [2.24, 2.45) is 0 Å². The summed E-state index contributed by atoms with van der Waals surface area (Å²) in [6, 6.07) is 16.7. The summed E-state index contributed by atoms with van der Waals surface area (Å²) in [7, 11) is 0. The molecule has 0 aliphatic rings. The van der Waals surface area contributed by atoms with Crippen molar-refractivity contribution in [2.75, 3.05) is 0 Å². The van der Waals surface area contributed by atoms with Crippen LogP contribution < -0.4 is 0 Å². The molecule has 1 unspecified atom stereocenters. The Bertz CT molecular complexity index is 598. The molecule has 0 aliphatic carbocycles. The van der Waals surface area contributed by atoms with E-state index in [1.165, 1.54) is 6.07 Å². The molecule has 0 saturated heterocycles. The van der Waals surface area contributed by atoms with Crippen LogP contribution >= 0.6 is 15.9 Å². The monoisotopic (exact) mass is 317 g/mol. The van der Waals surface area contributed by atoms with Crippen molar-refractivity contribution in [1.82, 2.24) is 0 Å². The molecule has 0 fully saturated rings. The lowest BCUT2D eigenvalue weighted by atomic mass is 9.78. The zero-order valence-corrected chi connectivity index (χ0v) is 12.1. The first-order chi connectivity index (χ1) is 9.07. The third-order valence-corrected chi connectivity index (χ3v) is 3.82. The summed E-state index contributed by atoms with van der Waals surface area (Å²) in [5.41, 5.74) is 0.536. The number of nitriles is 1. The zero-order chi connectivity index (χ0) is 13.9. The van der Waals surface area contributed by atoms with Gasteiger partial charge in [0.1, 0.15) is 5.82 Å². The van der Waals surface area contributed by atoms with Gasteiger partial charge < -0.3 is 0 Å². The van der Waals surface area contributed by atoms with Crippen LogP contribution in [0.25, 0.3) is 0 Å². The van der Waals surface area contributed by atoms with E-state index in [4.69, 9.17) is 0 Å². The molecule has 0 aromatic heterocycles. The zero-order valence-electron chi connectivity index (χ0n) is 10.5. The summed E-state index contributed by atoms with van der Waals surface area (Å²) >= 11 is 3.35. The number of halogens is 2. The first kappa shape index (κ1) is 13.8. The van der Waals surface area contributed by atoms with Crippen LogP contribution in [-0.4, -0.2) is 0 Å². The molecule has 2 rings (SSSR count). The topological polar surface area (TPSA) is 23.8 Å². The third-order valence-electron chi connectivity index (χ3n) is 3.16. The predicted molar refractivity (Wildman–Crippen MR) is 77.2 cm³/mol. The Kier molecular flexibility index (Phi) is 4.01. The minimum Gasteiger partial charge on any atom is -0.207 e. The van der Waals surface area contributed by atoms with E-state index in [-0.39, 0.29) is 5.82 Å². The molecule has 0 amide bonds. The van der Waals surface area contributed by atoms with Crippen LogP contribution in [0.2, 0.25) is 0 Å². The van der Waals surface area contributed by atoms with E-state index in [1.807, 2.05) is 30.3 Å². The van der Waals surface area contributed by atoms with Gasteiger partial charge in [-0.25, -0.2) is 4.39 Å². The summed E-state index contributed by atoms with van der Waals surface area (Å²) in [4.78, 5) is 0.